The molecule has 0 aliphatic carbocycles. The first-order valence-corrected chi connectivity index (χ1v) is 16.8. The fraction of sp³-hybridized carbons (Fsp3) is 0.324. The Morgan fingerprint density at radius 1 is 1.02 bits per heavy atom. The van der Waals surface area contributed by atoms with E-state index in [4.69, 9.17) is 21.1 Å². The minimum Gasteiger partial charge on any atom is -0.489 e. The number of hydrogen-bond donors (Lipinski definition) is 2. The van der Waals surface area contributed by atoms with Gasteiger partial charge in [0, 0.05) is 56.4 Å². The molecule has 0 bridgehead atoms. The number of β-amino-alcohol motifs (C(OH)–C–C–N with tert-alkyl or cyclic N) is 1. The number of likely N-dealkylation sites (tertiary alicyclic amines) is 1. The van der Waals surface area contributed by atoms with Crippen molar-refractivity contribution in [3.8, 4) is 5.75 Å². The van der Waals surface area contributed by atoms with Gasteiger partial charge < -0.3 is 29.7 Å². The molecule has 3 aromatic carbocycles. The number of morpholine rings is 1. The van der Waals surface area contributed by atoms with Crippen LogP contribution in [0.4, 0.5) is 27.3 Å². The number of hydrogen-bond acceptors (Lipinski definition) is 8. The highest BCUT2D eigenvalue weighted by molar-refractivity contribution is 6.30. The Morgan fingerprint density at radius 2 is 1.78 bits per heavy atom. The van der Waals surface area contributed by atoms with Crippen molar-refractivity contribution in [2.75, 3.05) is 61.1 Å². The summed E-state index contributed by atoms with van der Waals surface area (Å²) in [5, 5.41) is 13.0. The van der Waals surface area contributed by atoms with Crippen molar-refractivity contribution >= 4 is 46.3 Å². The van der Waals surface area contributed by atoms with E-state index >= 15 is 0 Å². The summed E-state index contributed by atoms with van der Waals surface area (Å²) in [4.78, 5) is 38.4. The number of aromatic nitrogens is 1. The Bertz CT molecular complexity index is 1750. The van der Waals surface area contributed by atoms with Gasteiger partial charge in [-0.2, -0.15) is 0 Å². The Labute approximate surface area is 290 Å². The van der Waals surface area contributed by atoms with Gasteiger partial charge in [0.05, 0.1) is 41.2 Å². The van der Waals surface area contributed by atoms with Crippen LogP contribution in [0.2, 0.25) is 5.02 Å². The monoisotopic (exact) mass is 687 g/mol. The average molecular weight is 688 g/mol. The van der Waals surface area contributed by atoms with Crippen molar-refractivity contribution in [1.29, 1.82) is 0 Å². The SMILES string of the molecule is CC(O)CN1CCC(Oc2cc(N3CCOCC3)ccc2C(=O)N(c2ccccc2)c2ccc(F)cc2C(=O)Nc2ccc(Cl)cn2)CC1. The van der Waals surface area contributed by atoms with E-state index in [2.05, 4.69) is 20.1 Å². The van der Waals surface area contributed by atoms with E-state index < -0.39 is 23.7 Å². The smallest absolute Gasteiger partial charge is 0.266 e. The van der Waals surface area contributed by atoms with E-state index in [0.717, 1.165) is 37.7 Å². The maximum absolute atomic E-state index is 14.8. The lowest BCUT2D eigenvalue weighted by Gasteiger charge is -2.34. The van der Waals surface area contributed by atoms with Crippen molar-refractivity contribution in [2.45, 2.75) is 32.0 Å². The minimum atomic E-state index is -0.652. The van der Waals surface area contributed by atoms with E-state index in [1.807, 2.05) is 18.2 Å². The second kappa shape index (κ2) is 15.8. The summed E-state index contributed by atoms with van der Waals surface area (Å²) in [6.45, 7) is 6.50. The number of piperidine rings is 1. The summed E-state index contributed by atoms with van der Waals surface area (Å²) in [6.07, 6.45) is 2.28. The second-order valence-electron chi connectivity index (χ2n) is 12.2. The summed E-state index contributed by atoms with van der Waals surface area (Å²) in [7, 11) is 0. The molecule has 256 valence electrons. The maximum Gasteiger partial charge on any atom is 0.266 e. The molecule has 2 saturated heterocycles. The Hall–Kier alpha value is -4.55. The predicted octanol–water partition coefficient (Wildman–Crippen LogP) is 6.17. The molecule has 49 heavy (non-hydrogen) atoms. The van der Waals surface area contributed by atoms with Crippen molar-refractivity contribution < 1.29 is 28.6 Å². The summed E-state index contributed by atoms with van der Waals surface area (Å²) in [5.74, 6) is -1.11. The lowest BCUT2D eigenvalue weighted by atomic mass is 10.0. The summed E-state index contributed by atoms with van der Waals surface area (Å²) < 4.78 is 27.0. The zero-order valence-corrected chi connectivity index (χ0v) is 28.0. The van der Waals surface area contributed by atoms with Crippen molar-refractivity contribution in [1.82, 2.24) is 9.88 Å². The molecule has 2 N–H and O–H groups in total. The quantitative estimate of drug-likeness (QED) is 0.204. The second-order valence-corrected chi connectivity index (χ2v) is 12.6. The van der Waals surface area contributed by atoms with Crippen LogP contribution in [0.1, 0.15) is 40.5 Å². The third-order valence-corrected chi connectivity index (χ3v) is 8.78. The number of para-hydroxylation sites is 1. The van der Waals surface area contributed by atoms with Crippen LogP contribution in [0.3, 0.4) is 0 Å². The van der Waals surface area contributed by atoms with Gasteiger partial charge in [0.1, 0.15) is 23.5 Å². The lowest BCUT2D eigenvalue weighted by Crippen LogP contribution is -2.41. The van der Waals surface area contributed by atoms with Crippen LogP contribution < -0.4 is 19.9 Å². The third kappa shape index (κ3) is 8.55. The molecule has 6 rings (SSSR count). The third-order valence-electron chi connectivity index (χ3n) is 8.55. The number of nitrogens with zero attached hydrogens (tertiary/aromatic N) is 4. The molecule has 2 fully saturated rings. The fourth-order valence-corrected chi connectivity index (χ4v) is 6.26. The van der Waals surface area contributed by atoms with E-state index in [0.29, 0.717) is 54.9 Å². The van der Waals surface area contributed by atoms with Crippen LogP contribution in [0.15, 0.2) is 85.1 Å². The molecule has 0 spiro atoms. The minimum absolute atomic E-state index is 0.0631. The van der Waals surface area contributed by atoms with Crippen LogP contribution in [-0.4, -0.2) is 85.0 Å². The molecular formula is C37H39ClFN5O5. The van der Waals surface area contributed by atoms with Gasteiger partial charge in [-0.05, 0) is 74.4 Å². The molecule has 2 aliphatic rings. The Balaban J connectivity index is 1.38. The number of anilines is 4. The molecule has 1 unspecified atom stereocenters. The standard InChI is InChI=1S/C37H39ClFN5O5/c1-25(45)24-42-15-13-30(14-16-42)49-34-22-29(43-17-19-48-20-18-43)9-10-31(34)37(47)44(28-5-3-2-4-6-28)33-11-8-27(39)21-32(33)36(46)41-35-12-7-26(38)23-40-35/h2-12,21-23,25,30,45H,13-20,24H2,1H3,(H,40,41,46). The lowest BCUT2D eigenvalue weighted by molar-refractivity contribution is 0.0664. The molecule has 0 saturated carbocycles. The summed E-state index contributed by atoms with van der Waals surface area (Å²) in [5.41, 5.74) is 1.80. The zero-order chi connectivity index (χ0) is 34.3. The number of aliphatic hydroxyl groups is 1. The van der Waals surface area contributed by atoms with Gasteiger partial charge in [0.25, 0.3) is 11.8 Å². The molecule has 3 heterocycles. The van der Waals surface area contributed by atoms with Gasteiger partial charge in [-0.15, -0.1) is 0 Å². The zero-order valence-electron chi connectivity index (χ0n) is 27.2. The predicted molar refractivity (Wildman–Crippen MR) is 188 cm³/mol. The maximum atomic E-state index is 14.8. The molecular weight excluding hydrogens is 649 g/mol. The van der Waals surface area contributed by atoms with Crippen LogP contribution in [0.25, 0.3) is 0 Å². The van der Waals surface area contributed by atoms with Crippen LogP contribution >= 0.6 is 11.6 Å². The Morgan fingerprint density at radius 3 is 2.47 bits per heavy atom. The van der Waals surface area contributed by atoms with Gasteiger partial charge in [-0.3, -0.25) is 14.5 Å². The van der Waals surface area contributed by atoms with Crippen molar-refractivity contribution in [2.24, 2.45) is 0 Å². The molecule has 12 heteroatoms. The van der Waals surface area contributed by atoms with Crippen molar-refractivity contribution in [3.63, 3.8) is 0 Å². The summed E-state index contributed by atoms with van der Waals surface area (Å²) >= 11 is 5.97. The molecule has 2 aliphatic heterocycles. The first-order valence-electron chi connectivity index (χ1n) is 16.4. The molecule has 1 aromatic heterocycles. The molecule has 4 aromatic rings. The fourth-order valence-electron chi connectivity index (χ4n) is 6.15. The van der Waals surface area contributed by atoms with Crippen molar-refractivity contribution in [3.05, 3.63) is 107 Å². The number of nitrogens with one attached hydrogen (secondary N) is 1. The highest BCUT2D eigenvalue weighted by Gasteiger charge is 2.30. The number of pyridine rings is 1. The number of rotatable bonds is 10. The van der Waals surface area contributed by atoms with Gasteiger partial charge in [0.2, 0.25) is 0 Å². The number of carbonyl (C=O) groups excluding carboxylic acids is 2. The largest absolute Gasteiger partial charge is 0.489 e. The number of benzene rings is 3. The normalized spacial score (nSPS) is 16.2. The number of halogens is 2. The highest BCUT2D eigenvalue weighted by Crippen LogP contribution is 2.36. The van der Waals surface area contributed by atoms with E-state index in [-0.39, 0.29) is 23.2 Å². The topological polar surface area (TPSA) is 107 Å². The van der Waals surface area contributed by atoms with Gasteiger partial charge in [-0.25, -0.2) is 9.37 Å². The van der Waals surface area contributed by atoms with E-state index in [9.17, 15) is 19.1 Å². The Kier molecular flexibility index (Phi) is 11.0. The first kappa shape index (κ1) is 34.3. The van der Waals surface area contributed by atoms with Gasteiger partial charge >= 0.3 is 0 Å². The average Bonchev–Trinajstić information content (AvgIpc) is 3.11. The van der Waals surface area contributed by atoms with E-state index in [1.54, 1.807) is 43.3 Å². The molecule has 2 amide bonds. The van der Waals surface area contributed by atoms with Crippen LogP contribution in [0.5, 0.6) is 5.75 Å². The number of aliphatic hydroxyl groups excluding tert-OH is 1. The van der Waals surface area contributed by atoms with E-state index in [1.165, 1.54) is 29.3 Å². The van der Waals surface area contributed by atoms with Gasteiger partial charge in [0.15, 0.2) is 0 Å². The van der Waals surface area contributed by atoms with Gasteiger partial charge in [-0.1, -0.05) is 29.8 Å². The molecule has 0 radical (unpaired) electrons. The first-order chi connectivity index (χ1) is 23.7. The highest BCUT2D eigenvalue weighted by atomic mass is 35.5. The molecule has 1 atom stereocenters. The summed E-state index contributed by atoms with van der Waals surface area (Å²) in [6, 6.07) is 21.3. The number of amides is 2. The molecule has 10 nitrogen and oxygen atoms in total. The van der Waals surface area contributed by atoms with Crippen LogP contribution in [0, 0.1) is 5.82 Å². The van der Waals surface area contributed by atoms with Crippen LogP contribution in [-0.2, 0) is 4.74 Å². The number of ether oxygens (including phenoxy) is 2. The number of carbonyl (C=O) groups is 2.